The maximum Gasteiger partial charge on any atom is 0.0405 e. The second-order valence-electron chi connectivity index (χ2n) is 3.30. The van der Waals surface area contributed by atoms with Crippen molar-refractivity contribution in [3.05, 3.63) is 42.6 Å². The summed E-state index contributed by atoms with van der Waals surface area (Å²) in [6.07, 6.45) is 6.78. The molecule has 0 aliphatic carbocycles. The first-order valence-corrected chi connectivity index (χ1v) is 5.36. The number of rotatable bonds is 5. The van der Waals surface area contributed by atoms with Crippen LogP contribution in [0.25, 0.3) is 0 Å². The van der Waals surface area contributed by atoms with E-state index >= 15 is 0 Å². The van der Waals surface area contributed by atoms with Crippen molar-refractivity contribution < 1.29 is 0 Å². The molecule has 0 saturated carbocycles. The molecule has 0 aliphatic rings. The van der Waals surface area contributed by atoms with Gasteiger partial charge in [0.05, 0.1) is 0 Å². The molecule has 1 aromatic carbocycles. The van der Waals surface area contributed by atoms with E-state index in [1.807, 2.05) is 6.07 Å². The Kier molecular flexibility index (Phi) is 4.84. The van der Waals surface area contributed by atoms with Gasteiger partial charge in [-0.25, -0.2) is 0 Å². The minimum Gasteiger partial charge on any atom is -0.349 e. The molecule has 0 unspecified atom stereocenters. The number of allylic oxidation sites excluding steroid dienone is 1. The highest BCUT2D eigenvalue weighted by atomic mass is 15.1. The van der Waals surface area contributed by atoms with Crippen molar-refractivity contribution in [1.29, 1.82) is 0 Å². The lowest BCUT2D eigenvalue weighted by Gasteiger charge is -2.17. The third-order valence-electron chi connectivity index (χ3n) is 2.17. The second-order valence-corrected chi connectivity index (χ2v) is 3.30. The van der Waals surface area contributed by atoms with Crippen LogP contribution in [-0.4, -0.2) is 6.54 Å². The molecule has 0 amide bonds. The van der Waals surface area contributed by atoms with Gasteiger partial charge in [-0.15, -0.1) is 0 Å². The average Bonchev–Trinajstić information content (AvgIpc) is 2.26. The summed E-state index contributed by atoms with van der Waals surface area (Å²) >= 11 is 0. The van der Waals surface area contributed by atoms with Crippen LogP contribution < -0.4 is 4.90 Å². The zero-order valence-electron chi connectivity index (χ0n) is 9.11. The summed E-state index contributed by atoms with van der Waals surface area (Å²) in [4.78, 5) is 2.26. The normalized spacial score (nSPS) is 10.7. The van der Waals surface area contributed by atoms with E-state index in [9.17, 15) is 0 Å². The van der Waals surface area contributed by atoms with Crippen molar-refractivity contribution in [1.82, 2.24) is 0 Å². The maximum atomic E-state index is 2.26. The zero-order chi connectivity index (χ0) is 10.2. The molecule has 1 heteroatoms. The molecular weight excluding hydrogens is 170 g/mol. The molecule has 0 radical (unpaired) electrons. The van der Waals surface area contributed by atoms with Crippen molar-refractivity contribution in [2.75, 3.05) is 11.4 Å². The molecule has 76 valence electrons. The highest BCUT2D eigenvalue weighted by Gasteiger charge is 1.96. The minimum absolute atomic E-state index is 1.02. The van der Waals surface area contributed by atoms with Crippen LogP contribution in [-0.2, 0) is 0 Å². The Hall–Kier alpha value is -1.24. The van der Waals surface area contributed by atoms with Gasteiger partial charge in [0, 0.05) is 18.4 Å². The highest BCUT2D eigenvalue weighted by molar-refractivity contribution is 5.48. The Labute approximate surface area is 87.1 Å². The molecule has 0 fully saturated rings. The number of hydrogen-bond donors (Lipinski definition) is 0. The molecule has 0 bridgehead atoms. The molecule has 0 spiro atoms. The highest BCUT2D eigenvalue weighted by Crippen LogP contribution is 2.13. The Balaban J connectivity index is 2.63. The molecular formula is C13H19N. The number of nitrogens with zero attached hydrogens (tertiary/aromatic N) is 1. The molecule has 0 atom stereocenters. The first kappa shape index (κ1) is 10.8. The Bertz CT molecular complexity index is 264. The fraction of sp³-hybridized carbons (Fsp3) is 0.385. The van der Waals surface area contributed by atoms with Gasteiger partial charge in [-0.05, 0) is 25.5 Å². The topological polar surface area (TPSA) is 3.24 Å². The molecule has 1 rings (SSSR count). The molecule has 0 saturated heterocycles. The summed E-state index contributed by atoms with van der Waals surface area (Å²) < 4.78 is 0. The summed E-state index contributed by atoms with van der Waals surface area (Å²) in [5, 5.41) is 0. The summed E-state index contributed by atoms with van der Waals surface area (Å²) in [6.45, 7) is 5.39. The van der Waals surface area contributed by atoms with Gasteiger partial charge in [0.25, 0.3) is 0 Å². The van der Waals surface area contributed by atoms with E-state index < -0.39 is 0 Å². The van der Waals surface area contributed by atoms with Crippen LogP contribution in [0.2, 0.25) is 0 Å². The fourth-order valence-electron chi connectivity index (χ4n) is 1.36. The molecule has 0 aromatic heterocycles. The van der Waals surface area contributed by atoms with Crippen molar-refractivity contribution in [2.45, 2.75) is 26.7 Å². The Morgan fingerprint density at radius 1 is 1.14 bits per heavy atom. The summed E-state index contributed by atoms with van der Waals surface area (Å²) in [5.74, 6) is 0. The third-order valence-corrected chi connectivity index (χ3v) is 2.17. The molecule has 1 aromatic rings. The van der Waals surface area contributed by atoms with Gasteiger partial charge in [0.15, 0.2) is 0 Å². The molecule has 0 aliphatic heterocycles. The Morgan fingerprint density at radius 3 is 2.43 bits per heavy atom. The van der Waals surface area contributed by atoms with Gasteiger partial charge in [-0.3, -0.25) is 0 Å². The third kappa shape index (κ3) is 3.25. The van der Waals surface area contributed by atoms with Gasteiger partial charge in [-0.2, -0.15) is 0 Å². The van der Waals surface area contributed by atoms with Crippen molar-refractivity contribution in [3.63, 3.8) is 0 Å². The molecule has 0 N–H and O–H groups in total. The lowest BCUT2D eigenvalue weighted by atomic mass is 10.3. The Morgan fingerprint density at radius 2 is 1.86 bits per heavy atom. The summed E-state index contributed by atoms with van der Waals surface area (Å²) in [6, 6.07) is 10.5. The quantitative estimate of drug-likeness (QED) is 0.680. The smallest absolute Gasteiger partial charge is 0.0405 e. The van der Waals surface area contributed by atoms with Gasteiger partial charge in [0.1, 0.15) is 0 Å². The first-order chi connectivity index (χ1) is 6.88. The number of para-hydroxylation sites is 1. The van der Waals surface area contributed by atoms with Crippen LogP contribution in [0, 0.1) is 0 Å². The SMILES string of the molecule is CCC/C=C/N(CC)c1ccccc1. The lowest BCUT2D eigenvalue weighted by molar-refractivity contribution is 0.939. The fourth-order valence-corrected chi connectivity index (χ4v) is 1.36. The van der Waals surface area contributed by atoms with Gasteiger partial charge in [0.2, 0.25) is 0 Å². The van der Waals surface area contributed by atoms with Gasteiger partial charge < -0.3 is 4.90 Å². The van der Waals surface area contributed by atoms with E-state index in [1.165, 1.54) is 12.1 Å². The summed E-state index contributed by atoms with van der Waals surface area (Å²) in [5.41, 5.74) is 1.27. The van der Waals surface area contributed by atoms with Gasteiger partial charge >= 0.3 is 0 Å². The lowest BCUT2D eigenvalue weighted by Crippen LogP contribution is -2.14. The average molecular weight is 189 g/mol. The second kappa shape index (κ2) is 6.25. The largest absolute Gasteiger partial charge is 0.349 e. The first-order valence-electron chi connectivity index (χ1n) is 5.36. The number of unbranched alkanes of at least 4 members (excludes halogenated alkanes) is 1. The van der Waals surface area contributed by atoms with Crippen LogP contribution in [0.4, 0.5) is 5.69 Å². The van der Waals surface area contributed by atoms with E-state index in [0.717, 1.165) is 13.0 Å². The van der Waals surface area contributed by atoms with Crippen LogP contribution in [0.5, 0.6) is 0 Å². The molecule has 1 nitrogen and oxygen atoms in total. The minimum atomic E-state index is 1.02. The predicted octanol–water partition coefficient (Wildman–Crippen LogP) is 3.83. The molecule has 0 heterocycles. The van der Waals surface area contributed by atoms with Crippen LogP contribution in [0.15, 0.2) is 42.6 Å². The standard InChI is InChI=1S/C13H19N/c1-3-5-9-12-14(4-2)13-10-7-6-8-11-13/h6-12H,3-5H2,1-2H3/b12-9+. The van der Waals surface area contributed by atoms with E-state index in [4.69, 9.17) is 0 Å². The van der Waals surface area contributed by atoms with E-state index in [1.54, 1.807) is 0 Å². The van der Waals surface area contributed by atoms with Crippen molar-refractivity contribution in [2.24, 2.45) is 0 Å². The van der Waals surface area contributed by atoms with E-state index in [0.29, 0.717) is 0 Å². The van der Waals surface area contributed by atoms with Crippen LogP contribution in [0.1, 0.15) is 26.7 Å². The van der Waals surface area contributed by atoms with Gasteiger partial charge in [-0.1, -0.05) is 37.6 Å². The predicted molar refractivity (Wildman–Crippen MR) is 63.5 cm³/mol. The summed E-state index contributed by atoms with van der Waals surface area (Å²) in [7, 11) is 0. The van der Waals surface area contributed by atoms with E-state index in [2.05, 4.69) is 55.3 Å². The number of anilines is 1. The monoisotopic (exact) mass is 189 g/mol. The zero-order valence-corrected chi connectivity index (χ0v) is 9.11. The van der Waals surface area contributed by atoms with E-state index in [-0.39, 0.29) is 0 Å². The van der Waals surface area contributed by atoms with Crippen LogP contribution >= 0.6 is 0 Å². The van der Waals surface area contributed by atoms with Crippen molar-refractivity contribution in [3.8, 4) is 0 Å². The maximum absolute atomic E-state index is 2.26. The number of hydrogen-bond acceptors (Lipinski definition) is 1. The van der Waals surface area contributed by atoms with Crippen molar-refractivity contribution >= 4 is 5.69 Å². The number of benzene rings is 1. The van der Waals surface area contributed by atoms with Crippen LogP contribution in [0.3, 0.4) is 0 Å². The molecule has 14 heavy (non-hydrogen) atoms.